The highest BCUT2D eigenvalue weighted by Crippen LogP contribution is 2.26. The lowest BCUT2D eigenvalue weighted by Gasteiger charge is -2.11. The first-order valence-electron chi connectivity index (χ1n) is 16.3. The van der Waals surface area contributed by atoms with Gasteiger partial charge in [-0.25, -0.2) is 9.59 Å². The first kappa shape index (κ1) is 37.9. The molecule has 7 aromatic rings. The van der Waals surface area contributed by atoms with E-state index in [-0.39, 0.29) is 5.75 Å². The van der Waals surface area contributed by atoms with Crippen LogP contribution >= 0.6 is 23.2 Å². The Kier molecular flexibility index (Phi) is 11.5. The molecule has 1 N–H and O–H groups in total. The standard InChI is InChI=1S/C24H18ClF3N2O3.C16H13ClN2O2/c1-32-23(31)20-12-18(25)13-29-21(20)11-15-5-6-22-17(9-15)7-8-30(22)14-16-3-2-4-19(10-16)33-24(26,27)28;1-21-16(20)13-8-12(17)9-19-15(13)7-10-2-3-14-11(6-10)4-5-18-14/h2-10,12-13H,11,14H2,1H3;2-6,8-9,18H,7H2,1H3. The fourth-order valence-electron chi connectivity index (χ4n) is 5.92. The summed E-state index contributed by atoms with van der Waals surface area (Å²) >= 11 is 11.9. The number of pyridine rings is 2. The van der Waals surface area contributed by atoms with Crippen LogP contribution in [-0.4, -0.2) is 52.0 Å². The summed E-state index contributed by atoms with van der Waals surface area (Å²) in [5.41, 5.74) is 6.58. The number of hydrogen-bond donors (Lipinski definition) is 1. The second-order valence-corrected chi connectivity index (χ2v) is 12.9. The average Bonchev–Trinajstić information content (AvgIpc) is 3.78. The number of carbonyl (C=O) groups excluding carboxylic acids is 2. The van der Waals surface area contributed by atoms with E-state index < -0.39 is 18.3 Å². The zero-order valence-corrected chi connectivity index (χ0v) is 30.3. The third-order valence-electron chi connectivity index (χ3n) is 8.37. The summed E-state index contributed by atoms with van der Waals surface area (Å²) < 4.78 is 53.0. The van der Waals surface area contributed by atoms with Crippen molar-refractivity contribution in [1.82, 2.24) is 19.5 Å². The number of alkyl halides is 3. The van der Waals surface area contributed by atoms with Crippen molar-refractivity contribution in [2.75, 3.05) is 14.2 Å². The number of esters is 2. The number of aromatic nitrogens is 4. The highest BCUT2D eigenvalue weighted by Gasteiger charge is 2.31. The van der Waals surface area contributed by atoms with Gasteiger partial charge in [0, 0.05) is 55.2 Å². The Bertz CT molecular complexity index is 2460. The summed E-state index contributed by atoms with van der Waals surface area (Å²) in [6.07, 6.45) is 3.00. The van der Waals surface area contributed by atoms with Crippen LogP contribution in [0.2, 0.25) is 10.0 Å². The fraction of sp³-hybridized carbons (Fsp3) is 0.150. The number of benzene rings is 3. The average molecular weight is 776 g/mol. The molecule has 0 saturated carbocycles. The molecule has 0 aliphatic carbocycles. The third-order valence-corrected chi connectivity index (χ3v) is 8.78. The van der Waals surface area contributed by atoms with Gasteiger partial charge in [0.2, 0.25) is 0 Å². The number of H-pyrrole nitrogens is 1. The largest absolute Gasteiger partial charge is 0.573 e. The van der Waals surface area contributed by atoms with Crippen LogP contribution in [0, 0.1) is 0 Å². The van der Waals surface area contributed by atoms with Crippen molar-refractivity contribution in [3.63, 3.8) is 0 Å². The smallest absolute Gasteiger partial charge is 0.465 e. The van der Waals surface area contributed by atoms with Crippen LogP contribution in [0.1, 0.15) is 48.8 Å². The van der Waals surface area contributed by atoms with Crippen LogP contribution in [0.3, 0.4) is 0 Å². The molecule has 0 aliphatic heterocycles. The molecular formula is C40H31Cl2F3N4O5. The SMILES string of the molecule is COC(=O)c1cc(Cl)cnc1Cc1ccc2[nH]ccc2c1.COC(=O)c1cc(Cl)cnc1Cc1ccc2c(ccn2Cc2cccc(OC(F)(F)F)c2)c1. The molecule has 0 aliphatic rings. The van der Waals surface area contributed by atoms with Crippen molar-refractivity contribution >= 4 is 56.9 Å². The van der Waals surface area contributed by atoms with Crippen LogP contribution in [0.25, 0.3) is 21.8 Å². The number of nitrogens with zero attached hydrogens (tertiary/aromatic N) is 3. The van der Waals surface area contributed by atoms with Crippen LogP contribution in [0.15, 0.2) is 110 Å². The minimum atomic E-state index is -4.73. The number of fused-ring (bicyclic) bond motifs is 2. The second-order valence-electron chi connectivity index (χ2n) is 12.1. The Hall–Kier alpha value is -5.85. The Morgan fingerprint density at radius 1 is 0.741 bits per heavy atom. The van der Waals surface area contributed by atoms with Crippen molar-refractivity contribution in [3.8, 4) is 5.75 Å². The number of methoxy groups -OCH3 is 2. The molecule has 4 heterocycles. The summed E-state index contributed by atoms with van der Waals surface area (Å²) in [6.45, 7) is 0.378. The fourth-order valence-corrected chi connectivity index (χ4v) is 6.24. The van der Waals surface area contributed by atoms with Gasteiger partial charge in [-0.2, -0.15) is 0 Å². The molecule has 7 rings (SSSR count). The van der Waals surface area contributed by atoms with Gasteiger partial charge in [0.05, 0.1) is 46.8 Å². The Morgan fingerprint density at radius 2 is 1.35 bits per heavy atom. The first-order chi connectivity index (χ1) is 25.9. The topological polar surface area (TPSA) is 108 Å². The number of rotatable bonds is 9. The molecule has 276 valence electrons. The quantitative estimate of drug-likeness (QED) is 0.146. The molecule has 3 aromatic carbocycles. The maximum atomic E-state index is 12.5. The summed E-state index contributed by atoms with van der Waals surface area (Å²) in [5, 5.41) is 2.83. The van der Waals surface area contributed by atoms with Gasteiger partial charge in [-0.05, 0) is 88.1 Å². The number of nitrogens with one attached hydrogen (secondary N) is 1. The minimum absolute atomic E-state index is 0.254. The van der Waals surface area contributed by atoms with E-state index in [9.17, 15) is 22.8 Å². The highest BCUT2D eigenvalue weighted by atomic mass is 35.5. The van der Waals surface area contributed by atoms with E-state index in [4.69, 9.17) is 32.7 Å². The van der Waals surface area contributed by atoms with E-state index in [2.05, 4.69) is 25.8 Å². The highest BCUT2D eigenvalue weighted by molar-refractivity contribution is 6.31. The molecule has 0 amide bonds. The Labute approximate surface area is 317 Å². The van der Waals surface area contributed by atoms with E-state index in [1.807, 2.05) is 59.4 Å². The van der Waals surface area contributed by atoms with Gasteiger partial charge < -0.3 is 23.8 Å². The van der Waals surface area contributed by atoms with Crippen LogP contribution in [0.5, 0.6) is 5.75 Å². The predicted octanol–water partition coefficient (Wildman–Crippen LogP) is 9.61. The lowest BCUT2D eigenvalue weighted by molar-refractivity contribution is -0.274. The van der Waals surface area contributed by atoms with Gasteiger partial charge in [0.1, 0.15) is 5.75 Å². The van der Waals surface area contributed by atoms with Crippen LogP contribution < -0.4 is 4.74 Å². The number of ether oxygens (including phenoxy) is 3. The zero-order chi connectivity index (χ0) is 38.4. The predicted molar refractivity (Wildman–Crippen MR) is 199 cm³/mol. The summed E-state index contributed by atoms with van der Waals surface area (Å²) in [6, 6.07) is 24.9. The van der Waals surface area contributed by atoms with Gasteiger partial charge in [0.15, 0.2) is 0 Å². The van der Waals surface area contributed by atoms with E-state index >= 15 is 0 Å². The minimum Gasteiger partial charge on any atom is -0.465 e. The Balaban J connectivity index is 0.000000203. The van der Waals surface area contributed by atoms with Gasteiger partial charge in [-0.1, -0.05) is 47.5 Å². The number of hydrogen-bond acceptors (Lipinski definition) is 7. The summed E-state index contributed by atoms with van der Waals surface area (Å²) in [7, 11) is 2.64. The molecule has 54 heavy (non-hydrogen) atoms. The van der Waals surface area contributed by atoms with Crippen LogP contribution in [0.4, 0.5) is 13.2 Å². The number of halogens is 5. The monoisotopic (exact) mass is 774 g/mol. The molecule has 0 radical (unpaired) electrons. The van der Waals surface area contributed by atoms with Crippen molar-refractivity contribution in [3.05, 3.63) is 159 Å². The van der Waals surface area contributed by atoms with Crippen LogP contribution in [-0.2, 0) is 28.9 Å². The second kappa shape index (κ2) is 16.4. The molecule has 9 nitrogen and oxygen atoms in total. The number of carbonyl (C=O) groups is 2. The maximum absolute atomic E-state index is 12.5. The Morgan fingerprint density at radius 3 is 1.96 bits per heavy atom. The number of aromatic amines is 1. The third kappa shape index (κ3) is 9.38. The lowest BCUT2D eigenvalue weighted by atomic mass is 10.0. The molecule has 0 unspecified atom stereocenters. The van der Waals surface area contributed by atoms with Crippen molar-refractivity contribution in [1.29, 1.82) is 0 Å². The van der Waals surface area contributed by atoms with Gasteiger partial charge in [-0.15, -0.1) is 13.2 Å². The summed E-state index contributed by atoms with van der Waals surface area (Å²) in [4.78, 5) is 35.6. The van der Waals surface area contributed by atoms with Gasteiger partial charge in [0.25, 0.3) is 0 Å². The first-order valence-corrected chi connectivity index (χ1v) is 17.1. The molecular weight excluding hydrogens is 744 g/mol. The molecule has 4 aromatic heterocycles. The maximum Gasteiger partial charge on any atom is 0.573 e. The normalized spacial score (nSPS) is 11.2. The van der Waals surface area contributed by atoms with E-state index in [0.717, 1.165) is 32.9 Å². The zero-order valence-electron chi connectivity index (χ0n) is 28.8. The molecule has 0 spiro atoms. The van der Waals surface area contributed by atoms with E-state index in [0.29, 0.717) is 57.5 Å². The van der Waals surface area contributed by atoms with Crippen molar-refractivity contribution in [2.24, 2.45) is 0 Å². The molecule has 0 saturated heterocycles. The van der Waals surface area contributed by atoms with Crippen molar-refractivity contribution in [2.45, 2.75) is 25.7 Å². The van der Waals surface area contributed by atoms with Gasteiger partial charge in [-0.3, -0.25) is 9.97 Å². The molecule has 0 bridgehead atoms. The molecule has 0 atom stereocenters. The van der Waals surface area contributed by atoms with Crippen molar-refractivity contribution < 1.29 is 37.0 Å². The molecule has 0 fully saturated rings. The summed E-state index contributed by atoms with van der Waals surface area (Å²) in [5.74, 6) is -1.19. The molecule has 14 heteroatoms. The van der Waals surface area contributed by atoms with E-state index in [1.54, 1.807) is 12.1 Å². The van der Waals surface area contributed by atoms with Gasteiger partial charge >= 0.3 is 18.3 Å². The lowest BCUT2D eigenvalue weighted by Crippen LogP contribution is -2.17. The van der Waals surface area contributed by atoms with E-state index in [1.165, 1.54) is 50.9 Å².